The van der Waals surface area contributed by atoms with E-state index in [1.54, 1.807) is 0 Å². The minimum atomic E-state index is -0.833. The molecule has 0 spiro atoms. The SMILES string of the molecule is CC(=O)O.CO.[K]. The van der Waals surface area contributed by atoms with Crippen molar-refractivity contribution >= 4 is 57.4 Å². The third kappa shape index (κ3) is 160. The van der Waals surface area contributed by atoms with E-state index in [4.69, 9.17) is 15.0 Å². The predicted octanol–water partition coefficient (Wildman–Crippen LogP) is -0.681. The molecule has 0 rings (SSSR count). The molecule has 0 aromatic carbocycles. The van der Waals surface area contributed by atoms with E-state index in [1.165, 1.54) is 0 Å². The first-order valence-electron chi connectivity index (χ1n) is 1.37. The molecule has 0 unspecified atom stereocenters. The Balaban J connectivity index is -0.0000000480. The summed E-state index contributed by atoms with van der Waals surface area (Å²) in [6.07, 6.45) is 0. The van der Waals surface area contributed by atoms with Crippen molar-refractivity contribution in [3.8, 4) is 0 Å². The minimum absolute atomic E-state index is 0. The zero-order chi connectivity index (χ0) is 5.58. The van der Waals surface area contributed by atoms with Crippen LogP contribution in [0, 0.1) is 0 Å². The number of aliphatic hydroxyl groups excluding tert-OH is 1. The molecule has 0 bridgehead atoms. The first-order valence-corrected chi connectivity index (χ1v) is 1.37. The molecule has 0 aromatic rings. The van der Waals surface area contributed by atoms with E-state index in [0.29, 0.717) is 0 Å². The maximum Gasteiger partial charge on any atom is 0.300 e. The van der Waals surface area contributed by atoms with Gasteiger partial charge in [0.05, 0.1) is 0 Å². The molecule has 0 saturated heterocycles. The van der Waals surface area contributed by atoms with Crippen LogP contribution >= 0.6 is 0 Å². The molecule has 0 heterocycles. The van der Waals surface area contributed by atoms with E-state index in [-0.39, 0.29) is 51.4 Å². The van der Waals surface area contributed by atoms with E-state index in [9.17, 15) is 0 Å². The summed E-state index contributed by atoms with van der Waals surface area (Å²) >= 11 is 0. The van der Waals surface area contributed by atoms with Crippen LogP contribution in [0.15, 0.2) is 0 Å². The van der Waals surface area contributed by atoms with E-state index >= 15 is 0 Å². The molecule has 0 aliphatic rings. The van der Waals surface area contributed by atoms with Gasteiger partial charge in [0, 0.05) is 65.4 Å². The van der Waals surface area contributed by atoms with Gasteiger partial charge < -0.3 is 10.2 Å². The first-order chi connectivity index (χ1) is 2.73. The van der Waals surface area contributed by atoms with Crippen LogP contribution in [-0.4, -0.2) is 74.7 Å². The second kappa shape index (κ2) is 15.7. The number of aliphatic carboxylic acids is 1. The molecule has 1 radical (unpaired) electrons. The fourth-order valence-corrected chi connectivity index (χ4v) is 0. The van der Waals surface area contributed by atoms with E-state index in [1.807, 2.05) is 0 Å². The van der Waals surface area contributed by atoms with Crippen molar-refractivity contribution in [3.63, 3.8) is 0 Å². The van der Waals surface area contributed by atoms with Crippen LogP contribution in [0.2, 0.25) is 0 Å². The van der Waals surface area contributed by atoms with Gasteiger partial charge in [-0.05, 0) is 0 Å². The third-order valence-electron chi connectivity index (χ3n) is 0. The van der Waals surface area contributed by atoms with Crippen LogP contribution in [0.5, 0.6) is 0 Å². The number of hydrogen-bond acceptors (Lipinski definition) is 2. The molecule has 0 aromatic heterocycles. The fraction of sp³-hybridized carbons (Fsp3) is 0.667. The first kappa shape index (κ1) is 15.7. The van der Waals surface area contributed by atoms with Gasteiger partial charge in [-0.3, -0.25) is 4.79 Å². The van der Waals surface area contributed by atoms with Gasteiger partial charge in [0.15, 0.2) is 0 Å². The van der Waals surface area contributed by atoms with E-state index in [0.717, 1.165) is 14.0 Å². The summed E-state index contributed by atoms with van der Waals surface area (Å²) in [6, 6.07) is 0. The van der Waals surface area contributed by atoms with E-state index < -0.39 is 5.97 Å². The van der Waals surface area contributed by atoms with Crippen LogP contribution in [0.4, 0.5) is 0 Å². The molecule has 39 valence electrons. The molecule has 0 saturated carbocycles. The van der Waals surface area contributed by atoms with Gasteiger partial charge >= 0.3 is 0 Å². The number of carbonyl (C=O) groups is 1. The Kier molecular flexibility index (Phi) is 35.3. The largest absolute Gasteiger partial charge is 0.481 e. The smallest absolute Gasteiger partial charge is 0.300 e. The summed E-state index contributed by atoms with van der Waals surface area (Å²) < 4.78 is 0. The Bertz CT molecular complexity index is 33.2. The molecule has 2 N–H and O–H groups in total. The molecule has 3 nitrogen and oxygen atoms in total. The zero-order valence-corrected chi connectivity index (χ0v) is 7.93. The van der Waals surface area contributed by atoms with Crippen LogP contribution in [0.3, 0.4) is 0 Å². The van der Waals surface area contributed by atoms with Crippen molar-refractivity contribution in [3.05, 3.63) is 0 Å². The van der Waals surface area contributed by atoms with Crippen LogP contribution < -0.4 is 0 Å². The van der Waals surface area contributed by atoms with Gasteiger partial charge in [-0.25, -0.2) is 0 Å². The van der Waals surface area contributed by atoms with Crippen molar-refractivity contribution in [2.75, 3.05) is 7.11 Å². The summed E-state index contributed by atoms with van der Waals surface area (Å²) in [5.41, 5.74) is 0. The van der Waals surface area contributed by atoms with Crippen molar-refractivity contribution < 1.29 is 15.0 Å². The average Bonchev–Trinajstić information content (AvgIpc) is 1.41. The third-order valence-corrected chi connectivity index (χ3v) is 0. The molecule has 0 aliphatic carbocycles. The van der Waals surface area contributed by atoms with Gasteiger partial charge in [0.1, 0.15) is 0 Å². The molecular weight excluding hydrogens is 123 g/mol. The number of aliphatic hydroxyl groups is 1. The Hall–Kier alpha value is 1.07. The summed E-state index contributed by atoms with van der Waals surface area (Å²) in [7, 11) is 1.00. The molecule has 7 heavy (non-hydrogen) atoms. The fourth-order valence-electron chi connectivity index (χ4n) is 0. The molecular formula is C3H8KO3. The zero-order valence-electron chi connectivity index (χ0n) is 4.80. The number of carboxylic acid groups (broad SMARTS) is 1. The van der Waals surface area contributed by atoms with Crippen LogP contribution in [0.1, 0.15) is 6.92 Å². The molecule has 4 heteroatoms. The maximum absolute atomic E-state index is 9.00. The van der Waals surface area contributed by atoms with Crippen LogP contribution in [-0.2, 0) is 4.79 Å². The topological polar surface area (TPSA) is 57.5 Å². The standard InChI is InChI=1S/C2H4O2.CH4O.K/c1-2(3)4;1-2;/h1H3,(H,3,4);2H,1H3;. The second-order valence-electron chi connectivity index (χ2n) is 0.519. The van der Waals surface area contributed by atoms with Crippen molar-refractivity contribution in [1.29, 1.82) is 0 Å². The normalized spacial score (nSPS) is 4.43. The van der Waals surface area contributed by atoms with Crippen molar-refractivity contribution in [2.45, 2.75) is 6.92 Å². The summed E-state index contributed by atoms with van der Waals surface area (Å²) in [5.74, 6) is -0.833. The van der Waals surface area contributed by atoms with Crippen LogP contribution in [0.25, 0.3) is 0 Å². The molecule has 0 atom stereocenters. The average molecular weight is 131 g/mol. The Labute approximate surface area is 85.1 Å². The second-order valence-corrected chi connectivity index (χ2v) is 0.519. The predicted molar refractivity (Wildman–Crippen MR) is 27.2 cm³/mol. The number of carboxylic acids is 1. The Morgan fingerprint density at radius 2 is 1.43 bits per heavy atom. The Morgan fingerprint density at radius 1 is 1.43 bits per heavy atom. The van der Waals surface area contributed by atoms with Crippen molar-refractivity contribution in [1.82, 2.24) is 0 Å². The minimum Gasteiger partial charge on any atom is -0.481 e. The van der Waals surface area contributed by atoms with Gasteiger partial charge in [0.2, 0.25) is 0 Å². The maximum atomic E-state index is 9.00. The summed E-state index contributed by atoms with van der Waals surface area (Å²) in [5, 5.41) is 14.4. The van der Waals surface area contributed by atoms with E-state index in [2.05, 4.69) is 0 Å². The quantitative estimate of drug-likeness (QED) is 0.428. The Morgan fingerprint density at radius 3 is 1.43 bits per heavy atom. The monoisotopic (exact) mass is 131 g/mol. The molecule has 0 aliphatic heterocycles. The molecule has 0 fully saturated rings. The van der Waals surface area contributed by atoms with Gasteiger partial charge in [0.25, 0.3) is 5.97 Å². The number of rotatable bonds is 0. The van der Waals surface area contributed by atoms with Crippen molar-refractivity contribution in [2.24, 2.45) is 0 Å². The summed E-state index contributed by atoms with van der Waals surface area (Å²) in [6.45, 7) is 1.08. The molecule has 0 amide bonds. The number of hydrogen-bond donors (Lipinski definition) is 2. The van der Waals surface area contributed by atoms with Gasteiger partial charge in [-0.2, -0.15) is 0 Å². The van der Waals surface area contributed by atoms with Gasteiger partial charge in [-0.15, -0.1) is 0 Å². The summed E-state index contributed by atoms with van der Waals surface area (Å²) in [4.78, 5) is 9.00. The van der Waals surface area contributed by atoms with Gasteiger partial charge in [-0.1, -0.05) is 0 Å².